The van der Waals surface area contributed by atoms with E-state index in [4.69, 9.17) is 15.5 Å². The molecule has 3 fully saturated rings. The maximum Gasteiger partial charge on any atom is 0.407 e. The van der Waals surface area contributed by atoms with E-state index in [1.54, 1.807) is 0 Å². The Kier molecular flexibility index (Phi) is 10.4. The average Bonchev–Trinajstić information content (AvgIpc) is 4.08. The van der Waals surface area contributed by atoms with Gasteiger partial charge in [0.25, 0.3) is 0 Å². The topological polar surface area (TPSA) is 171 Å². The molecule has 5 aromatic rings. The molecule has 0 spiro atoms. The summed E-state index contributed by atoms with van der Waals surface area (Å²) in [6.45, 7) is 4.91. The SMILES string of the molecule is COC(=O)N[C@H](C(=O)N1CCC[C@H]1c1ncc(-c2ccc(-c3ccc(-c4cnc(C5C6CCC(C6)[C@@H]5C(=O)NCc5ccc(N)cc5)[nH]4)cc3)cc2)[nH]1)C(C)C. The molecule has 1 saturated heterocycles. The molecule has 3 amide bonds. The van der Waals surface area contributed by atoms with Crippen LogP contribution in [-0.4, -0.2) is 62.4 Å². The number of fused-ring (bicyclic) bond motifs is 2. The number of amides is 3. The van der Waals surface area contributed by atoms with Crippen molar-refractivity contribution in [1.29, 1.82) is 0 Å². The molecular formula is C44H50N8O4. The Hall–Kier alpha value is -5.91. The van der Waals surface area contributed by atoms with Crippen LogP contribution >= 0.6 is 0 Å². The van der Waals surface area contributed by atoms with Crippen LogP contribution in [0.15, 0.2) is 85.2 Å². The van der Waals surface area contributed by atoms with E-state index < -0.39 is 12.1 Å². The summed E-state index contributed by atoms with van der Waals surface area (Å²) in [5.41, 5.74) is 13.6. The van der Waals surface area contributed by atoms with E-state index in [0.717, 1.165) is 83.0 Å². The summed E-state index contributed by atoms with van der Waals surface area (Å²) in [6, 6.07) is 23.6. The van der Waals surface area contributed by atoms with Crippen LogP contribution in [0.1, 0.15) is 75.1 Å². The number of nitrogens with zero attached hydrogens (tertiary/aromatic N) is 3. The Morgan fingerprint density at radius 2 is 1.41 bits per heavy atom. The van der Waals surface area contributed by atoms with Crippen molar-refractivity contribution in [2.24, 2.45) is 23.7 Å². The summed E-state index contributed by atoms with van der Waals surface area (Å²) in [6.07, 6.45) is 8.06. The molecular weight excluding hydrogens is 705 g/mol. The van der Waals surface area contributed by atoms with Crippen LogP contribution < -0.4 is 16.4 Å². The zero-order valence-electron chi connectivity index (χ0n) is 32.1. The number of aromatic amines is 2. The minimum absolute atomic E-state index is 0.0823. The van der Waals surface area contributed by atoms with Crippen molar-refractivity contribution < 1.29 is 19.1 Å². The number of methoxy groups -OCH3 is 1. The van der Waals surface area contributed by atoms with Gasteiger partial charge in [0.2, 0.25) is 11.8 Å². The predicted molar refractivity (Wildman–Crippen MR) is 215 cm³/mol. The summed E-state index contributed by atoms with van der Waals surface area (Å²) in [4.78, 5) is 57.5. The summed E-state index contributed by atoms with van der Waals surface area (Å²) in [5.74, 6) is 2.39. The van der Waals surface area contributed by atoms with Crippen LogP contribution in [0.4, 0.5) is 10.5 Å². The number of carbonyl (C=O) groups excluding carboxylic acids is 3. The monoisotopic (exact) mass is 754 g/mol. The number of nitrogen functional groups attached to an aromatic ring is 1. The van der Waals surface area contributed by atoms with E-state index in [9.17, 15) is 14.4 Å². The van der Waals surface area contributed by atoms with Crippen molar-refractivity contribution in [3.8, 4) is 33.6 Å². The molecule has 3 aromatic carbocycles. The van der Waals surface area contributed by atoms with E-state index in [1.165, 1.54) is 7.11 Å². The lowest BCUT2D eigenvalue weighted by atomic mass is 9.78. The number of aromatic nitrogens is 4. The highest BCUT2D eigenvalue weighted by Gasteiger charge is 2.52. The Balaban J connectivity index is 0.914. The lowest BCUT2D eigenvalue weighted by molar-refractivity contribution is -0.135. The minimum atomic E-state index is -0.678. The molecule has 2 aromatic heterocycles. The lowest BCUT2D eigenvalue weighted by Gasteiger charge is -2.30. The first-order valence-corrected chi connectivity index (χ1v) is 19.7. The van der Waals surface area contributed by atoms with Crippen LogP contribution in [0.2, 0.25) is 0 Å². The second-order valence-electron chi connectivity index (χ2n) is 15.9. The standard InChI is InChI=1S/C44H50N8O4/c1-25(2)39(51-44(55)56-3)43(54)52-20-4-5-36(52)40-46-23-34(49-40)29-12-8-27(9-13-29)28-10-14-30(15-11-28)35-24-47-41(50-35)37-31-16-17-32(21-31)38(37)42(53)48-22-26-6-18-33(45)19-7-26/h6-15,18-19,23-25,31-32,36-39H,4-5,16-17,20-22,45H2,1-3H3,(H,46,49)(H,47,50)(H,48,53)(H,51,55)/t31?,32?,36-,37?,38-,39-/m0/s1. The molecule has 8 rings (SSSR count). The number of nitrogens with two attached hydrogens (primary N) is 1. The van der Waals surface area contributed by atoms with Crippen molar-refractivity contribution in [3.05, 3.63) is 102 Å². The van der Waals surface area contributed by atoms with Gasteiger partial charge in [0.15, 0.2) is 0 Å². The number of hydrogen-bond acceptors (Lipinski definition) is 7. The Bertz CT molecular complexity index is 2180. The number of imidazole rings is 2. The van der Waals surface area contributed by atoms with Crippen molar-refractivity contribution in [3.63, 3.8) is 0 Å². The molecule has 2 aliphatic carbocycles. The number of anilines is 1. The maximum absolute atomic E-state index is 13.6. The molecule has 3 aliphatic rings. The van der Waals surface area contributed by atoms with Gasteiger partial charge < -0.3 is 36.0 Å². The number of hydrogen-bond donors (Lipinski definition) is 5. The first kappa shape index (κ1) is 37.0. The fourth-order valence-corrected chi connectivity index (χ4v) is 9.19. The number of carbonyl (C=O) groups is 3. The van der Waals surface area contributed by atoms with Crippen LogP contribution in [0.25, 0.3) is 33.6 Å². The fraction of sp³-hybridized carbons (Fsp3) is 0.386. The van der Waals surface area contributed by atoms with E-state index in [-0.39, 0.29) is 35.6 Å². The van der Waals surface area contributed by atoms with Gasteiger partial charge in [-0.1, -0.05) is 74.5 Å². The quantitative estimate of drug-likeness (QED) is 0.0888. The largest absolute Gasteiger partial charge is 0.453 e. The second kappa shape index (κ2) is 15.7. The van der Waals surface area contributed by atoms with E-state index in [2.05, 4.69) is 74.1 Å². The van der Waals surface area contributed by atoms with E-state index in [0.29, 0.717) is 30.6 Å². The molecule has 1 aliphatic heterocycles. The molecule has 12 nitrogen and oxygen atoms in total. The van der Waals surface area contributed by atoms with Crippen LogP contribution in [0, 0.1) is 23.7 Å². The third kappa shape index (κ3) is 7.39. The summed E-state index contributed by atoms with van der Waals surface area (Å²) in [7, 11) is 1.30. The van der Waals surface area contributed by atoms with Crippen molar-refractivity contribution in [2.75, 3.05) is 19.4 Å². The third-order valence-corrected chi connectivity index (χ3v) is 12.1. The normalized spacial score (nSPS) is 22.0. The van der Waals surface area contributed by atoms with Gasteiger partial charge in [-0.25, -0.2) is 14.8 Å². The second-order valence-corrected chi connectivity index (χ2v) is 15.9. The number of nitrogens with one attached hydrogen (secondary N) is 4. The van der Waals surface area contributed by atoms with Gasteiger partial charge in [-0.15, -0.1) is 0 Å². The molecule has 6 atom stereocenters. The lowest BCUT2D eigenvalue weighted by Crippen LogP contribution is -2.51. The predicted octanol–water partition coefficient (Wildman–Crippen LogP) is 7.21. The number of H-pyrrole nitrogens is 2. The maximum atomic E-state index is 13.6. The Labute approximate surface area is 327 Å². The van der Waals surface area contributed by atoms with Crippen LogP contribution in [-0.2, 0) is 20.9 Å². The third-order valence-electron chi connectivity index (χ3n) is 12.1. The molecule has 2 saturated carbocycles. The van der Waals surface area contributed by atoms with Crippen molar-refractivity contribution in [1.82, 2.24) is 35.5 Å². The van der Waals surface area contributed by atoms with Gasteiger partial charge in [-0.3, -0.25) is 9.59 Å². The van der Waals surface area contributed by atoms with Crippen molar-refractivity contribution >= 4 is 23.6 Å². The van der Waals surface area contributed by atoms with Crippen LogP contribution in [0.3, 0.4) is 0 Å². The van der Waals surface area contributed by atoms with Crippen LogP contribution in [0.5, 0.6) is 0 Å². The smallest absolute Gasteiger partial charge is 0.407 e. The number of ether oxygens (including phenoxy) is 1. The molecule has 56 heavy (non-hydrogen) atoms. The molecule has 6 N–H and O–H groups in total. The Morgan fingerprint density at radius 1 is 0.821 bits per heavy atom. The van der Waals surface area contributed by atoms with Gasteiger partial charge in [0.1, 0.15) is 17.7 Å². The minimum Gasteiger partial charge on any atom is -0.453 e. The van der Waals surface area contributed by atoms with Gasteiger partial charge in [0.05, 0.1) is 42.9 Å². The molecule has 3 unspecified atom stereocenters. The summed E-state index contributed by atoms with van der Waals surface area (Å²) in [5, 5.41) is 5.90. The Morgan fingerprint density at radius 3 is 2.04 bits per heavy atom. The first-order valence-electron chi connectivity index (χ1n) is 19.7. The van der Waals surface area contributed by atoms with E-state index >= 15 is 0 Å². The highest BCUT2D eigenvalue weighted by atomic mass is 16.5. The van der Waals surface area contributed by atoms with Crippen molar-refractivity contribution in [2.45, 2.75) is 70.5 Å². The van der Waals surface area contributed by atoms with E-state index in [1.807, 2.05) is 55.4 Å². The number of likely N-dealkylation sites (tertiary alicyclic amines) is 1. The van der Waals surface area contributed by atoms with Gasteiger partial charge in [-0.05, 0) is 89.8 Å². The number of benzene rings is 3. The van der Waals surface area contributed by atoms with Gasteiger partial charge in [-0.2, -0.15) is 0 Å². The fourth-order valence-electron chi connectivity index (χ4n) is 9.19. The number of rotatable bonds is 11. The average molecular weight is 755 g/mol. The number of alkyl carbamates (subject to hydrolysis) is 1. The zero-order valence-corrected chi connectivity index (χ0v) is 32.1. The molecule has 0 radical (unpaired) electrons. The van der Waals surface area contributed by atoms with Gasteiger partial charge in [0, 0.05) is 24.7 Å². The molecule has 290 valence electrons. The zero-order chi connectivity index (χ0) is 38.9. The highest BCUT2D eigenvalue weighted by Crippen LogP contribution is 2.56. The first-order chi connectivity index (χ1) is 27.2. The molecule has 3 heterocycles. The van der Waals surface area contributed by atoms with Gasteiger partial charge >= 0.3 is 6.09 Å². The highest BCUT2D eigenvalue weighted by molar-refractivity contribution is 5.86. The summed E-state index contributed by atoms with van der Waals surface area (Å²) >= 11 is 0. The molecule has 2 bridgehead atoms. The molecule has 12 heteroatoms. The summed E-state index contributed by atoms with van der Waals surface area (Å²) < 4.78 is 4.76.